The zero-order valence-electron chi connectivity index (χ0n) is 12.7. The van der Waals surface area contributed by atoms with E-state index < -0.39 is 0 Å². The third-order valence-corrected chi connectivity index (χ3v) is 4.12. The van der Waals surface area contributed by atoms with Crippen LogP contribution in [-0.4, -0.2) is 64.8 Å². The molecule has 0 aromatic carbocycles. The van der Waals surface area contributed by atoms with Crippen LogP contribution in [-0.2, 0) is 6.42 Å². The van der Waals surface area contributed by atoms with Gasteiger partial charge in [0.15, 0.2) is 0 Å². The van der Waals surface area contributed by atoms with Crippen LogP contribution in [0.3, 0.4) is 0 Å². The number of hydrogen-bond donors (Lipinski definition) is 1. The Morgan fingerprint density at radius 3 is 2.75 bits per heavy atom. The van der Waals surface area contributed by atoms with Crippen molar-refractivity contribution in [1.29, 1.82) is 0 Å². The second-order valence-corrected chi connectivity index (χ2v) is 5.81. The third-order valence-electron chi connectivity index (χ3n) is 4.12. The van der Waals surface area contributed by atoms with Crippen molar-refractivity contribution in [2.45, 2.75) is 38.8 Å². The van der Waals surface area contributed by atoms with E-state index in [1.165, 1.54) is 5.56 Å². The minimum Gasteiger partial charge on any atom is -0.392 e. The van der Waals surface area contributed by atoms with E-state index in [-0.39, 0.29) is 6.10 Å². The maximum atomic E-state index is 9.57. The Labute approximate surface area is 122 Å². The first kappa shape index (κ1) is 15.4. The molecule has 1 fully saturated rings. The van der Waals surface area contributed by atoms with Crippen LogP contribution in [0.25, 0.3) is 0 Å². The van der Waals surface area contributed by atoms with Crippen molar-refractivity contribution in [3.05, 3.63) is 30.1 Å². The van der Waals surface area contributed by atoms with Gasteiger partial charge < -0.3 is 10.0 Å². The maximum Gasteiger partial charge on any atom is 0.0639 e. The van der Waals surface area contributed by atoms with E-state index in [4.69, 9.17) is 0 Å². The summed E-state index contributed by atoms with van der Waals surface area (Å²) in [6.07, 6.45) is 5.75. The lowest BCUT2D eigenvalue weighted by Crippen LogP contribution is -2.54. The molecule has 2 heterocycles. The lowest BCUT2D eigenvalue weighted by molar-refractivity contribution is 0.0371. The van der Waals surface area contributed by atoms with Crippen LogP contribution in [0, 0.1) is 0 Å². The van der Waals surface area contributed by atoms with E-state index >= 15 is 0 Å². The predicted molar refractivity (Wildman–Crippen MR) is 81.7 cm³/mol. The summed E-state index contributed by atoms with van der Waals surface area (Å²) in [5.74, 6) is 0. The zero-order valence-corrected chi connectivity index (χ0v) is 12.7. The molecular formula is C16H27N3O. The maximum absolute atomic E-state index is 9.57. The van der Waals surface area contributed by atoms with Gasteiger partial charge in [0.2, 0.25) is 0 Å². The lowest BCUT2D eigenvalue weighted by atomic mass is 10.1. The fourth-order valence-electron chi connectivity index (χ4n) is 2.96. The van der Waals surface area contributed by atoms with E-state index in [2.05, 4.69) is 33.8 Å². The smallest absolute Gasteiger partial charge is 0.0639 e. The molecule has 1 saturated heterocycles. The molecule has 4 nitrogen and oxygen atoms in total. The number of pyridine rings is 1. The number of aliphatic hydroxyl groups is 1. The van der Waals surface area contributed by atoms with E-state index in [9.17, 15) is 5.11 Å². The number of aliphatic hydroxyl groups excluding tert-OH is 1. The van der Waals surface area contributed by atoms with Gasteiger partial charge in [0.25, 0.3) is 0 Å². The van der Waals surface area contributed by atoms with Crippen LogP contribution >= 0.6 is 0 Å². The lowest BCUT2D eigenvalue weighted by Gasteiger charge is -2.41. The van der Waals surface area contributed by atoms with Gasteiger partial charge in [-0.05, 0) is 37.5 Å². The number of rotatable bonds is 6. The molecule has 1 aromatic rings. The molecule has 0 spiro atoms. The van der Waals surface area contributed by atoms with E-state index in [1.807, 2.05) is 19.3 Å². The molecule has 20 heavy (non-hydrogen) atoms. The summed E-state index contributed by atoms with van der Waals surface area (Å²) in [6, 6.07) is 4.78. The molecule has 1 aromatic heterocycles. The number of piperazine rings is 1. The molecule has 2 atom stereocenters. The standard InChI is InChI=1S/C16H27N3O/c1-3-16-13-18(10-11-19(16)12-14(2)20)9-6-15-4-7-17-8-5-15/h4-5,7-8,14,16,20H,3,6,9-13H2,1-2H3/t14-,16+/m1/s1. The summed E-state index contributed by atoms with van der Waals surface area (Å²) >= 11 is 0. The molecule has 0 bridgehead atoms. The Morgan fingerprint density at radius 1 is 1.35 bits per heavy atom. The second-order valence-electron chi connectivity index (χ2n) is 5.81. The average molecular weight is 277 g/mol. The normalized spacial score (nSPS) is 22.9. The number of aromatic nitrogens is 1. The van der Waals surface area contributed by atoms with Gasteiger partial charge in [0.1, 0.15) is 0 Å². The van der Waals surface area contributed by atoms with Gasteiger partial charge in [0, 0.05) is 51.2 Å². The van der Waals surface area contributed by atoms with Gasteiger partial charge in [-0.25, -0.2) is 0 Å². The van der Waals surface area contributed by atoms with Crippen molar-refractivity contribution in [2.75, 3.05) is 32.7 Å². The fourth-order valence-corrected chi connectivity index (χ4v) is 2.96. The molecule has 1 aliphatic rings. The van der Waals surface area contributed by atoms with Gasteiger partial charge in [-0.15, -0.1) is 0 Å². The highest BCUT2D eigenvalue weighted by Crippen LogP contribution is 2.14. The van der Waals surface area contributed by atoms with Gasteiger partial charge in [0.05, 0.1) is 6.10 Å². The summed E-state index contributed by atoms with van der Waals surface area (Å²) in [6.45, 7) is 9.33. The Balaban J connectivity index is 1.81. The average Bonchev–Trinajstić information content (AvgIpc) is 2.46. The molecule has 1 aliphatic heterocycles. The van der Waals surface area contributed by atoms with Gasteiger partial charge in [-0.2, -0.15) is 0 Å². The first-order valence-corrected chi connectivity index (χ1v) is 7.72. The molecule has 0 amide bonds. The van der Waals surface area contributed by atoms with Gasteiger partial charge in [-0.1, -0.05) is 6.92 Å². The van der Waals surface area contributed by atoms with Gasteiger partial charge in [-0.3, -0.25) is 9.88 Å². The molecule has 2 rings (SSSR count). The third kappa shape index (κ3) is 4.54. The summed E-state index contributed by atoms with van der Waals surface area (Å²) < 4.78 is 0. The van der Waals surface area contributed by atoms with Crippen molar-refractivity contribution in [1.82, 2.24) is 14.8 Å². The molecule has 0 radical (unpaired) electrons. The highest BCUT2D eigenvalue weighted by Gasteiger charge is 2.25. The Morgan fingerprint density at radius 2 is 2.10 bits per heavy atom. The Bertz CT molecular complexity index is 383. The van der Waals surface area contributed by atoms with Crippen LogP contribution < -0.4 is 0 Å². The first-order valence-electron chi connectivity index (χ1n) is 7.72. The van der Waals surface area contributed by atoms with Crippen molar-refractivity contribution >= 4 is 0 Å². The highest BCUT2D eigenvalue weighted by molar-refractivity contribution is 5.10. The van der Waals surface area contributed by atoms with Crippen molar-refractivity contribution < 1.29 is 5.11 Å². The quantitative estimate of drug-likeness (QED) is 0.853. The summed E-state index contributed by atoms with van der Waals surface area (Å²) in [4.78, 5) is 9.05. The van der Waals surface area contributed by atoms with Crippen LogP contribution in [0.5, 0.6) is 0 Å². The molecule has 0 saturated carbocycles. The summed E-state index contributed by atoms with van der Waals surface area (Å²) in [5, 5.41) is 9.57. The van der Waals surface area contributed by atoms with E-state index in [1.54, 1.807) is 0 Å². The molecule has 0 aliphatic carbocycles. The van der Waals surface area contributed by atoms with E-state index in [0.717, 1.165) is 45.6 Å². The summed E-state index contributed by atoms with van der Waals surface area (Å²) in [5.41, 5.74) is 1.36. The minimum atomic E-state index is -0.229. The van der Waals surface area contributed by atoms with Crippen molar-refractivity contribution in [3.63, 3.8) is 0 Å². The molecule has 4 heteroatoms. The second kappa shape index (κ2) is 7.72. The van der Waals surface area contributed by atoms with Crippen molar-refractivity contribution in [2.24, 2.45) is 0 Å². The number of β-amino-alcohol motifs (C(OH)–C–C–N with tert-alkyl or cyclic N) is 1. The highest BCUT2D eigenvalue weighted by atomic mass is 16.3. The topological polar surface area (TPSA) is 39.6 Å². The van der Waals surface area contributed by atoms with E-state index in [0.29, 0.717) is 6.04 Å². The van der Waals surface area contributed by atoms with Gasteiger partial charge >= 0.3 is 0 Å². The van der Waals surface area contributed by atoms with Crippen LogP contribution in [0.4, 0.5) is 0 Å². The summed E-state index contributed by atoms with van der Waals surface area (Å²) in [7, 11) is 0. The zero-order chi connectivity index (χ0) is 14.4. The first-order chi connectivity index (χ1) is 9.69. The molecular weight excluding hydrogens is 250 g/mol. The molecule has 0 unspecified atom stereocenters. The predicted octanol–water partition coefficient (Wildman–Crippen LogP) is 1.40. The molecule has 112 valence electrons. The van der Waals surface area contributed by atoms with Crippen LogP contribution in [0.15, 0.2) is 24.5 Å². The SMILES string of the molecule is CC[C@H]1CN(CCc2ccncc2)CCN1C[C@@H](C)O. The fraction of sp³-hybridized carbons (Fsp3) is 0.688. The van der Waals surface area contributed by atoms with Crippen LogP contribution in [0.2, 0.25) is 0 Å². The van der Waals surface area contributed by atoms with Crippen molar-refractivity contribution in [3.8, 4) is 0 Å². The minimum absolute atomic E-state index is 0.229. The Kier molecular flexibility index (Phi) is 5.95. The molecule has 1 N–H and O–H groups in total. The van der Waals surface area contributed by atoms with Crippen LogP contribution in [0.1, 0.15) is 25.8 Å². The monoisotopic (exact) mass is 277 g/mol. The number of hydrogen-bond acceptors (Lipinski definition) is 4. The number of nitrogens with zero attached hydrogens (tertiary/aromatic N) is 3. The Hall–Kier alpha value is -0.970. The largest absolute Gasteiger partial charge is 0.392 e.